The van der Waals surface area contributed by atoms with Gasteiger partial charge in [-0.05, 0) is 37.5 Å². The van der Waals surface area contributed by atoms with Crippen LogP contribution in [-0.2, 0) is 20.5 Å². The van der Waals surface area contributed by atoms with Gasteiger partial charge in [-0.15, -0.1) is 0 Å². The first-order valence-corrected chi connectivity index (χ1v) is 8.23. The van der Waals surface area contributed by atoms with E-state index in [-0.39, 0.29) is 11.4 Å². The van der Waals surface area contributed by atoms with E-state index >= 15 is 0 Å². The van der Waals surface area contributed by atoms with Crippen molar-refractivity contribution in [3.05, 3.63) is 57.9 Å². The van der Waals surface area contributed by atoms with E-state index in [2.05, 4.69) is 5.32 Å². The molecule has 0 unspecified atom stereocenters. The molecule has 1 aliphatic heterocycles. The maximum absolute atomic E-state index is 12.9. The van der Waals surface area contributed by atoms with Gasteiger partial charge in [0.1, 0.15) is 0 Å². The first-order chi connectivity index (χ1) is 12.2. The summed E-state index contributed by atoms with van der Waals surface area (Å²) in [5.41, 5.74) is 1.66. The smallest absolute Gasteiger partial charge is 0.416 e. The van der Waals surface area contributed by atoms with Crippen molar-refractivity contribution in [2.75, 3.05) is 7.11 Å². The number of carbonyl (C=O) groups excluding carboxylic acids is 2. The first-order valence-electron chi connectivity index (χ1n) is 8.23. The fourth-order valence-corrected chi connectivity index (χ4v) is 3.56. The summed E-state index contributed by atoms with van der Waals surface area (Å²) in [6.45, 7) is 1.70. The molecule has 1 atom stereocenters. The highest BCUT2D eigenvalue weighted by atomic mass is 19.4. The highest BCUT2D eigenvalue weighted by Crippen LogP contribution is 2.43. The van der Waals surface area contributed by atoms with E-state index in [4.69, 9.17) is 4.74 Å². The molecular weight excluding hydrogens is 347 g/mol. The molecule has 0 amide bonds. The Morgan fingerprint density at radius 3 is 2.42 bits per heavy atom. The van der Waals surface area contributed by atoms with Gasteiger partial charge in [0.05, 0.1) is 18.2 Å². The number of rotatable bonds is 2. The number of methoxy groups -OCH3 is 1. The van der Waals surface area contributed by atoms with Crippen LogP contribution in [0.25, 0.3) is 0 Å². The summed E-state index contributed by atoms with van der Waals surface area (Å²) in [6.07, 6.45) is -2.74. The molecule has 138 valence electrons. The van der Waals surface area contributed by atoms with Crippen molar-refractivity contribution in [2.24, 2.45) is 0 Å². The molecule has 1 heterocycles. The number of dihydropyridines is 1. The molecule has 0 aromatic heterocycles. The number of ether oxygens (including phenoxy) is 1. The van der Waals surface area contributed by atoms with E-state index in [0.717, 1.165) is 17.8 Å². The third-order valence-electron chi connectivity index (χ3n) is 4.75. The lowest BCUT2D eigenvalue weighted by atomic mass is 9.75. The fraction of sp³-hybridized carbons (Fsp3) is 0.368. The maximum Gasteiger partial charge on any atom is 0.416 e. The standard InChI is InChI=1S/C19H18F3NO3/c1-10-15(18(25)26-2)16(17-13(23-10)4-3-5-14(17)24)11-6-8-12(9-7-11)19(20,21)22/h6-9,16,23H,3-5H2,1-2H3/t16-/m1/s1. The van der Waals surface area contributed by atoms with Crippen LogP contribution in [0.1, 0.15) is 43.2 Å². The topological polar surface area (TPSA) is 55.4 Å². The Balaban J connectivity index is 2.14. The minimum atomic E-state index is -4.45. The molecular formula is C19H18F3NO3. The molecule has 7 heteroatoms. The normalized spacial score (nSPS) is 20.7. The molecule has 26 heavy (non-hydrogen) atoms. The van der Waals surface area contributed by atoms with Gasteiger partial charge in [-0.25, -0.2) is 4.79 Å². The van der Waals surface area contributed by atoms with Crippen molar-refractivity contribution in [1.82, 2.24) is 5.32 Å². The molecule has 2 aliphatic rings. The summed E-state index contributed by atoms with van der Waals surface area (Å²) in [5.74, 6) is -1.43. The molecule has 3 rings (SSSR count). The minimum absolute atomic E-state index is 0.0995. The van der Waals surface area contributed by atoms with Gasteiger partial charge in [0.25, 0.3) is 0 Å². The molecule has 0 saturated carbocycles. The summed E-state index contributed by atoms with van der Waals surface area (Å²) in [7, 11) is 1.24. The molecule has 1 aliphatic carbocycles. The van der Waals surface area contributed by atoms with Gasteiger partial charge in [0.2, 0.25) is 0 Å². The van der Waals surface area contributed by atoms with Crippen LogP contribution >= 0.6 is 0 Å². The molecule has 0 radical (unpaired) electrons. The number of halogens is 3. The van der Waals surface area contributed by atoms with E-state index in [1.807, 2.05) is 0 Å². The number of allylic oxidation sites excluding steroid dienone is 3. The number of nitrogens with one attached hydrogen (secondary N) is 1. The highest BCUT2D eigenvalue weighted by Gasteiger charge is 2.39. The number of hydrogen-bond acceptors (Lipinski definition) is 4. The Bertz CT molecular complexity index is 819. The van der Waals surface area contributed by atoms with Crippen LogP contribution < -0.4 is 5.32 Å². The van der Waals surface area contributed by atoms with E-state index in [9.17, 15) is 22.8 Å². The average Bonchev–Trinajstić information content (AvgIpc) is 2.59. The third kappa shape index (κ3) is 3.13. The zero-order valence-electron chi connectivity index (χ0n) is 14.4. The van der Waals surface area contributed by atoms with Gasteiger partial charge in [-0.2, -0.15) is 13.2 Å². The Kier molecular flexibility index (Phi) is 4.64. The lowest BCUT2D eigenvalue weighted by Crippen LogP contribution is -2.34. The van der Waals surface area contributed by atoms with Gasteiger partial charge in [0.15, 0.2) is 5.78 Å². The zero-order valence-corrected chi connectivity index (χ0v) is 14.4. The Labute approximate surface area is 148 Å². The van der Waals surface area contributed by atoms with Crippen LogP contribution in [0.5, 0.6) is 0 Å². The minimum Gasteiger partial charge on any atom is -0.466 e. The van der Waals surface area contributed by atoms with Crippen LogP contribution in [0.3, 0.4) is 0 Å². The summed E-state index contributed by atoms with van der Waals surface area (Å²) in [4.78, 5) is 24.9. The molecule has 0 spiro atoms. The van der Waals surface area contributed by atoms with Gasteiger partial charge in [0, 0.05) is 29.3 Å². The quantitative estimate of drug-likeness (QED) is 0.809. The second-order valence-electron chi connectivity index (χ2n) is 6.38. The molecule has 1 aromatic carbocycles. The second-order valence-corrected chi connectivity index (χ2v) is 6.38. The van der Waals surface area contributed by atoms with Crippen LogP contribution in [0.2, 0.25) is 0 Å². The zero-order chi connectivity index (χ0) is 19.1. The van der Waals surface area contributed by atoms with Gasteiger partial charge < -0.3 is 10.1 Å². The predicted molar refractivity (Wildman–Crippen MR) is 87.9 cm³/mol. The van der Waals surface area contributed by atoms with E-state index < -0.39 is 23.6 Å². The molecule has 0 fully saturated rings. The number of alkyl halides is 3. The Hall–Kier alpha value is -2.57. The molecule has 1 N–H and O–H groups in total. The van der Waals surface area contributed by atoms with Crippen LogP contribution in [-0.4, -0.2) is 18.9 Å². The molecule has 4 nitrogen and oxygen atoms in total. The van der Waals surface area contributed by atoms with E-state index in [0.29, 0.717) is 36.1 Å². The molecule has 0 saturated heterocycles. The average molecular weight is 365 g/mol. The van der Waals surface area contributed by atoms with E-state index in [1.54, 1.807) is 6.92 Å². The van der Waals surface area contributed by atoms with Crippen LogP contribution in [0, 0.1) is 0 Å². The monoisotopic (exact) mass is 365 g/mol. The van der Waals surface area contributed by atoms with Crippen molar-refractivity contribution in [3.63, 3.8) is 0 Å². The number of benzene rings is 1. The summed E-state index contributed by atoms with van der Waals surface area (Å²) in [6, 6.07) is 4.58. The van der Waals surface area contributed by atoms with Crippen molar-refractivity contribution in [3.8, 4) is 0 Å². The SMILES string of the molecule is COC(=O)C1=C(C)NC2=C(C(=O)CCC2)[C@@H]1c1ccc(C(F)(F)F)cc1. The number of Topliss-reactive ketones (excluding diaryl/α,β-unsaturated/α-hetero) is 1. The molecule has 1 aromatic rings. The van der Waals surface area contributed by atoms with Crippen LogP contribution in [0.15, 0.2) is 46.8 Å². The number of ketones is 1. The third-order valence-corrected chi connectivity index (χ3v) is 4.75. The largest absolute Gasteiger partial charge is 0.466 e. The Morgan fingerprint density at radius 2 is 1.85 bits per heavy atom. The second kappa shape index (κ2) is 6.63. The highest BCUT2D eigenvalue weighted by molar-refractivity contribution is 6.03. The lowest BCUT2D eigenvalue weighted by molar-refractivity contribution is -0.138. The van der Waals surface area contributed by atoms with E-state index in [1.165, 1.54) is 19.2 Å². The molecule has 0 bridgehead atoms. The first kappa shape index (κ1) is 18.2. The lowest BCUT2D eigenvalue weighted by Gasteiger charge is -2.34. The Morgan fingerprint density at radius 1 is 1.19 bits per heavy atom. The summed E-state index contributed by atoms with van der Waals surface area (Å²) >= 11 is 0. The van der Waals surface area contributed by atoms with Crippen molar-refractivity contribution < 1.29 is 27.5 Å². The van der Waals surface area contributed by atoms with Crippen molar-refractivity contribution in [2.45, 2.75) is 38.3 Å². The maximum atomic E-state index is 12.9. The number of esters is 1. The number of carbonyl (C=O) groups is 2. The fourth-order valence-electron chi connectivity index (χ4n) is 3.56. The van der Waals surface area contributed by atoms with Gasteiger partial charge in [-0.3, -0.25) is 4.79 Å². The van der Waals surface area contributed by atoms with Crippen molar-refractivity contribution >= 4 is 11.8 Å². The summed E-state index contributed by atoms with van der Waals surface area (Å²) in [5, 5.41) is 3.11. The van der Waals surface area contributed by atoms with Gasteiger partial charge >= 0.3 is 12.1 Å². The van der Waals surface area contributed by atoms with Crippen LogP contribution in [0.4, 0.5) is 13.2 Å². The number of hydrogen-bond donors (Lipinski definition) is 1. The predicted octanol–water partition coefficient (Wildman–Crippen LogP) is 3.85. The summed E-state index contributed by atoms with van der Waals surface area (Å²) < 4.78 is 43.4. The van der Waals surface area contributed by atoms with Crippen molar-refractivity contribution in [1.29, 1.82) is 0 Å². The van der Waals surface area contributed by atoms with Gasteiger partial charge in [-0.1, -0.05) is 12.1 Å².